The Bertz CT molecular complexity index is 538. The Morgan fingerprint density at radius 2 is 1.78 bits per heavy atom. The van der Waals surface area contributed by atoms with E-state index in [1.807, 2.05) is 31.2 Å². The molecule has 0 unspecified atom stereocenters. The van der Waals surface area contributed by atoms with Crippen LogP contribution in [0.25, 0.3) is 11.1 Å². The molecule has 2 rings (SSSR count). The first kappa shape index (κ1) is 12.7. The summed E-state index contributed by atoms with van der Waals surface area (Å²) in [5.74, 6) is -1.08. The number of hydrogen-bond acceptors (Lipinski definition) is 1. The monoisotopic (exact) mass is 247 g/mol. The molecular formula is C15H15F2N. The van der Waals surface area contributed by atoms with Crippen molar-refractivity contribution in [1.29, 1.82) is 0 Å². The van der Waals surface area contributed by atoms with Crippen molar-refractivity contribution in [2.24, 2.45) is 0 Å². The van der Waals surface area contributed by atoms with Gasteiger partial charge < -0.3 is 5.32 Å². The van der Waals surface area contributed by atoms with Crippen molar-refractivity contribution in [1.82, 2.24) is 5.32 Å². The number of halogens is 2. The Hall–Kier alpha value is -1.74. The van der Waals surface area contributed by atoms with Crippen molar-refractivity contribution < 1.29 is 8.78 Å². The molecule has 0 saturated carbocycles. The Morgan fingerprint density at radius 1 is 1.00 bits per heavy atom. The predicted octanol–water partition coefficient (Wildman–Crippen LogP) is 3.74. The van der Waals surface area contributed by atoms with Crippen LogP contribution in [0.5, 0.6) is 0 Å². The number of hydrogen-bond donors (Lipinski definition) is 1. The van der Waals surface area contributed by atoms with Crippen LogP contribution in [0.15, 0.2) is 42.5 Å². The number of benzene rings is 2. The van der Waals surface area contributed by atoms with E-state index in [-0.39, 0.29) is 0 Å². The maximum Gasteiger partial charge on any atom is 0.133 e. The van der Waals surface area contributed by atoms with E-state index in [4.69, 9.17) is 0 Å². The van der Waals surface area contributed by atoms with Crippen molar-refractivity contribution in [3.8, 4) is 11.1 Å². The molecule has 0 saturated heterocycles. The lowest BCUT2D eigenvalue weighted by molar-refractivity contribution is 0.585. The lowest BCUT2D eigenvalue weighted by Gasteiger charge is -2.11. The quantitative estimate of drug-likeness (QED) is 0.867. The van der Waals surface area contributed by atoms with Crippen LogP contribution in [0, 0.1) is 11.6 Å². The Labute approximate surface area is 105 Å². The van der Waals surface area contributed by atoms with E-state index in [1.165, 1.54) is 12.1 Å². The molecule has 0 aliphatic carbocycles. The molecule has 0 spiro atoms. The molecule has 2 aromatic rings. The van der Waals surface area contributed by atoms with Gasteiger partial charge in [0, 0.05) is 18.2 Å². The highest BCUT2D eigenvalue weighted by molar-refractivity contribution is 5.67. The van der Waals surface area contributed by atoms with Crippen LogP contribution < -0.4 is 5.32 Å². The average Bonchev–Trinajstić information content (AvgIpc) is 2.37. The first-order valence-corrected chi connectivity index (χ1v) is 5.96. The first-order chi connectivity index (χ1) is 8.72. The van der Waals surface area contributed by atoms with Crippen LogP contribution >= 0.6 is 0 Å². The molecule has 94 valence electrons. The zero-order valence-electron chi connectivity index (χ0n) is 10.2. The first-order valence-electron chi connectivity index (χ1n) is 5.96. The molecule has 0 aliphatic heterocycles. The van der Waals surface area contributed by atoms with E-state index < -0.39 is 11.6 Å². The molecule has 18 heavy (non-hydrogen) atoms. The van der Waals surface area contributed by atoms with Crippen molar-refractivity contribution >= 4 is 0 Å². The number of rotatable bonds is 4. The van der Waals surface area contributed by atoms with Gasteiger partial charge in [-0.1, -0.05) is 31.2 Å². The van der Waals surface area contributed by atoms with Gasteiger partial charge in [0.25, 0.3) is 0 Å². The van der Waals surface area contributed by atoms with Crippen LogP contribution in [-0.4, -0.2) is 6.54 Å². The second kappa shape index (κ2) is 5.74. The molecule has 0 radical (unpaired) electrons. The van der Waals surface area contributed by atoms with Gasteiger partial charge >= 0.3 is 0 Å². The van der Waals surface area contributed by atoms with E-state index in [0.29, 0.717) is 12.1 Å². The summed E-state index contributed by atoms with van der Waals surface area (Å²) in [6, 6.07) is 11.2. The molecule has 3 heteroatoms. The minimum absolute atomic E-state index is 0.435. The fourth-order valence-electron chi connectivity index (χ4n) is 1.90. The molecule has 0 aromatic heterocycles. The summed E-state index contributed by atoms with van der Waals surface area (Å²) < 4.78 is 26.7. The SMILES string of the molecule is CCNCc1ccccc1-c1ccc(F)cc1F. The van der Waals surface area contributed by atoms with Crippen molar-refractivity contribution in [3.63, 3.8) is 0 Å². The molecule has 0 amide bonds. The summed E-state index contributed by atoms with van der Waals surface area (Å²) in [5.41, 5.74) is 2.24. The van der Waals surface area contributed by atoms with E-state index >= 15 is 0 Å². The van der Waals surface area contributed by atoms with Crippen molar-refractivity contribution in [3.05, 3.63) is 59.7 Å². The minimum atomic E-state index is -0.555. The van der Waals surface area contributed by atoms with Gasteiger partial charge in [-0.25, -0.2) is 8.78 Å². The predicted molar refractivity (Wildman–Crippen MR) is 69.2 cm³/mol. The van der Waals surface area contributed by atoms with Gasteiger partial charge in [0.2, 0.25) is 0 Å². The van der Waals surface area contributed by atoms with E-state index in [1.54, 1.807) is 0 Å². The van der Waals surface area contributed by atoms with Crippen LogP contribution in [0.1, 0.15) is 12.5 Å². The van der Waals surface area contributed by atoms with Crippen molar-refractivity contribution in [2.75, 3.05) is 6.54 Å². The smallest absolute Gasteiger partial charge is 0.133 e. The molecule has 0 bridgehead atoms. The summed E-state index contributed by atoms with van der Waals surface area (Å²) in [6.07, 6.45) is 0. The molecule has 0 aliphatic rings. The van der Waals surface area contributed by atoms with Crippen LogP contribution in [-0.2, 0) is 6.54 Å². The fraction of sp³-hybridized carbons (Fsp3) is 0.200. The third-order valence-electron chi connectivity index (χ3n) is 2.80. The summed E-state index contributed by atoms with van der Waals surface area (Å²) >= 11 is 0. The van der Waals surface area contributed by atoms with Crippen LogP contribution in [0.4, 0.5) is 8.78 Å². The van der Waals surface area contributed by atoms with Gasteiger partial charge in [0.1, 0.15) is 11.6 Å². The summed E-state index contributed by atoms with van der Waals surface area (Å²) in [5, 5.41) is 3.21. The van der Waals surface area contributed by atoms with Gasteiger partial charge in [0.15, 0.2) is 0 Å². The second-order valence-corrected chi connectivity index (χ2v) is 4.06. The Balaban J connectivity index is 2.43. The van der Waals surface area contributed by atoms with Gasteiger partial charge in [-0.2, -0.15) is 0 Å². The number of nitrogens with one attached hydrogen (secondary N) is 1. The maximum absolute atomic E-state index is 13.8. The van der Waals surface area contributed by atoms with Gasteiger partial charge in [-0.15, -0.1) is 0 Å². The standard InChI is InChI=1S/C15H15F2N/c1-2-18-10-11-5-3-4-6-13(11)14-8-7-12(16)9-15(14)17/h3-9,18H,2,10H2,1H3. The Kier molecular flexibility index (Phi) is 4.05. The third kappa shape index (κ3) is 2.74. The fourth-order valence-corrected chi connectivity index (χ4v) is 1.90. The normalized spacial score (nSPS) is 10.6. The highest BCUT2D eigenvalue weighted by Crippen LogP contribution is 2.26. The third-order valence-corrected chi connectivity index (χ3v) is 2.80. The molecule has 2 aromatic carbocycles. The molecular weight excluding hydrogens is 232 g/mol. The zero-order valence-corrected chi connectivity index (χ0v) is 10.2. The van der Waals surface area contributed by atoms with Crippen LogP contribution in [0.2, 0.25) is 0 Å². The second-order valence-electron chi connectivity index (χ2n) is 4.06. The summed E-state index contributed by atoms with van der Waals surface area (Å²) in [4.78, 5) is 0. The molecule has 1 N–H and O–H groups in total. The molecule has 0 atom stereocenters. The molecule has 0 fully saturated rings. The maximum atomic E-state index is 13.8. The lowest BCUT2D eigenvalue weighted by atomic mass is 9.99. The highest BCUT2D eigenvalue weighted by Gasteiger charge is 2.09. The van der Waals surface area contributed by atoms with Crippen molar-refractivity contribution in [2.45, 2.75) is 13.5 Å². The summed E-state index contributed by atoms with van der Waals surface area (Å²) in [7, 11) is 0. The van der Waals surface area contributed by atoms with Gasteiger partial charge in [0.05, 0.1) is 0 Å². The lowest BCUT2D eigenvalue weighted by Crippen LogP contribution is -2.12. The van der Waals surface area contributed by atoms with Crippen LogP contribution in [0.3, 0.4) is 0 Å². The summed E-state index contributed by atoms with van der Waals surface area (Å²) in [6.45, 7) is 3.53. The molecule has 0 heterocycles. The van der Waals surface area contributed by atoms with E-state index in [2.05, 4.69) is 5.32 Å². The highest BCUT2D eigenvalue weighted by atomic mass is 19.1. The minimum Gasteiger partial charge on any atom is -0.313 e. The average molecular weight is 247 g/mol. The Morgan fingerprint density at radius 3 is 2.50 bits per heavy atom. The van der Waals surface area contributed by atoms with E-state index in [9.17, 15) is 8.78 Å². The zero-order chi connectivity index (χ0) is 13.0. The topological polar surface area (TPSA) is 12.0 Å². The largest absolute Gasteiger partial charge is 0.313 e. The van der Waals surface area contributed by atoms with Gasteiger partial charge in [-0.05, 0) is 29.8 Å². The molecule has 1 nitrogen and oxygen atoms in total. The van der Waals surface area contributed by atoms with Gasteiger partial charge in [-0.3, -0.25) is 0 Å². The van der Waals surface area contributed by atoms with E-state index in [0.717, 1.165) is 23.7 Å².